The molecule has 1 N–H and O–H groups in total. The van der Waals surface area contributed by atoms with Gasteiger partial charge in [-0.2, -0.15) is 0 Å². The fourth-order valence-corrected chi connectivity index (χ4v) is 3.66. The highest BCUT2D eigenvalue weighted by atomic mass is 79.9. The highest BCUT2D eigenvalue weighted by molar-refractivity contribution is 9.10. The van der Waals surface area contributed by atoms with Crippen molar-refractivity contribution in [2.24, 2.45) is 0 Å². The zero-order chi connectivity index (χ0) is 21.0. The summed E-state index contributed by atoms with van der Waals surface area (Å²) in [4.78, 5) is 38.4. The first-order valence-corrected chi connectivity index (χ1v) is 9.99. The Morgan fingerprint density at radius 2 is 1.90 bits per heavy atom. The summed E-state index contributed by atoms with van der Waals surface area (Å²) < 4.78 is 8.44. The number of rotatable bonds is 7. The van der Waals surface area contributed by atoms with Crippen LogP contribution in [0, 0.1) is 6.92 Å². The van der Waals surface area contributed by atoms with E-state index in [2.05, 4.69) is 21.2 Å². The summed E-state index contributed by atoms with van der Waals surface area (Å²) in [5.41, 5.74) is 1.14. The monoisotopic (exact) mass is 459 g/mol. The zero-order valence-electron chi connectivity index (χ0n) is 16.3. The third-order valence-corrected chi connectivity index (χ3v) is 5.12. The minimum atomic E-state index is -0.507. The second-order valence-electron chi connectivity index (χ2n) is 6.70. The maximum absolute atomic E-state index is 13.0. The van der Waals surface area contributed by atoms with Crippen molar-refractivity contribution in [3.8, 4) is 0 Å². The van der Waals surface area contributed by atoms with Gasteiger partial charge in [-0.05, 0) is 49.2 Å². The smallest absolute Gasteiger partial charge is 0.331 e. The second-order valence-corrected chi connectivity index (χ2v) is 7.61. The Balaban J connectivity index is 1.98. The van der Waals surface area contributed by atoms with E-state index < -0.39 is 5.69 Å². The van der Waals surface area contributed by atoms with E-state index in [1.165, 1.54) is 9.13 Å². The Bertz CT molecular complexity index is 1170. The van der Waals surface area contributed by atoms with Crippen molar-refractivity contribution in [2.45, 2.75) is 26.4 Å². The van der Waals surface area contributed by atoms with Gasteiger partial charge >= 0.3 is 5.69 Å². The summed E-state index contributed by atoms with van der Waals surface area (Å²) in [5.74, 6) is -0.343. The van der Waals surface area contributed by atoms with Crippen molar-refractivity contribution < 1.29 is 9.53 Å². The molecule has 1 aromatic heterocycles. The number of hydrogen-bond acceptors (Lipinski definition) is 4. The molecule has 152 valence electrons. The fourth-order valence-electron chi connectivity index (χ4n) is 3.19. The Morgan fingerprint density at radius 1 is 1.14 bits per heavy atom. The molecule has 0 aliphatic heterocycles. The van der Waals surface area contributed by atoms with E-state index in [4.69, 9.17) is 4.74 Å². The number of benzene rings is 2. The van der Waals surface area contributed by atoms with Crippen LogP contribution >= 0.6 is 15.9 Å². The van der Waals surface area contributed by atoms with Gasteiger partial charge in [-0.25, -0.2) is 4.79 Å². The summed E-state index contributed by atoms with van der Waals surface area (Å²) in [6, 6.07) is 12.3. The molecule has 0 atom stereocenters. The number of anilines is 1. The summed E-state index contributed by atoms with van der Waals surface area (Å²) >= 11 is 3.39. The average molecular weight is 460 g/mol. The molecule has 0 unspecified atom stereocenters. The molecule has 1 heterocycles. The molecule has 0 saturated heterocycles. The molecule has 3 aromatic rings. The van der Waals surface area contributed by atoms with Crippen LogP contribution in [0.1, 0.15) is 12.0 Å². The van der Waals surface area contributed by atoms with Gasteiger partial charge < -0.3 is 10.1 Å². The number of ether oxygens (including phenoxy) is 1. The van der Waals surface area contributed by atoms with Gasteiger partial charge in [0.2, 0.25) is 5.91 Å². The topological polar surface area (TPSA) is 82.3 Å². The van der Waals surface area contributed by atoms with Gasteiger partial charge in [0.25, 0.3) is 5.56 Å². The van der Waals surface area contributed by atoms with Gasteiger partial charge in [0.05, 0.1) is 10.9 Å². The molecule has 0 spiro atoms. The van der Waals surface area contributed by atoms with Crippen LogP contribution in [0.25, 0.3) is 10.9 Å². The van der Waals surface area contributed by atoms with Gasteiger partial charge in [-0.1, -0.05) is 28.1 Å². The minimum Gasteiger partial charge on any atom is -0.385 e. The molecular formula is C21H22BrN3O4. The van der Waals surface area contributed by atoms with E-state index in [0.29, 0.717) is 29.6 Å². The van der Waals surface area contributed by atoms with Crippen molar-refractivity contribution in [3.05, 3.63) is 73.3 Å². The molecule has 0 fully saturated rings. The molecule has 0 radical (unpaired) electrons. The number of methoxy groups -OCH3 is 1. The van der Waals surface area contributed by atoms with E-state index in [0.717, 1.165) is 10.0 Å². The summed E-state index contributed by atoms with van der Waals surface area (Å²) in [6.07, 6.45) is 0.522. The van der Waals surface area contributed by atoms with Crippen molar-refractivity contribution in [1.82, 2.24) is 9.13 Å². The normalized spacial score (nSPS) is 11.0. The molecular weight excluding hydrogens is 438 g/mol. The number of carbonyl (C=O) groups is 1. The van der Waals surface area contributed by atoms with E-state index in [9.17, 15) is 14.4 Å². The van der Waals surface area contributed by atoms with E-state index >= 15 is 0 Å². The first-order chi connectivity index (χ1) is 13.9. The van der Waals surface area contributed by atoms with E-state index in [1.807, 2.05) is 19.1 Å². The first-order valence-electron chi connectivity index (χ1n) is 9.19. The van der Waals surface area contributed by atoms with Crippen LogP contribution in [0.3, 0.4) is 0 Å². The number of fused-ring (bicyclic) bond motifs is 1. The molecule has 0 bridgehead atoms. The predicted molar refractivity (Wildman–Crippen MR) is 116 cm³/mol. The number of para-hydroxylation sites is 1. The number of amides is 1. The van der Waals surface area contributed by atoms with E-state index in [1.54, 1.807) is 37.4 Å². The Labute approximate surface area is 176 Å². The summed E-state index contributed by atoms with van der Waals surface area (Å²) in [7, 11) is 1.57. The Morgan fingerprint density at radius 3 is 2.62 bits per heavy atom. The Kier molecular flexibility index (Phi) is 6.66. The Hall–Kier alpha value is -2.71. The van der Waals surface area contributed by atoms with E-state index in [-0.39, 0.29) is 24.6 Å². The standard InChI is InChI=1S/C21H22BrN3O4/c1-14-12-15(22)8-9-17(14)23-19(26)13-25-18-7-4-3-6-16(18)20(27)24(21(25)28)10-5-11-29-2/h3-4,6-9,12H,5,10-11,13H2,1-2H3,(H,23,26). The van der Waals surface area contributed by atoms with Crippen LogP contribution in [0.2, 0.25) is 0 Å². The maximum Gasteiger partial charge on any atom is 0.331 e. The maximum atomic E-state index is 13.0. The van der Waals surface area contributed by atoms with Crippen molar-refractivity contribution in [1.29, 1.82) is 0 Å². The van der Waals surface area contributed by atoms with Crippen LogP contribution in [0.4, 0.5) is 5.69 Å². The number of nitrogens with zero attached hydrogens (tertiary/aromatic N) is 2. The molecule has 0 aliphatic carbocycles. The minimum absolute atomic E-state index is 0.195. The number of aryl methyl sites for hydroxylation is 1. The van der Waals surface area contributed by atoms with Gasteiger partial charge in [0, 0.05) is 30.4 Å². The summed E-state index contributed by atoms with van der Waals surface area (Å²) in [5, 5.41) is 3.24. The van der Waals surface area contributed by atoms with Gasteiger partial charge in [-0.15, -0.1) is 0 Å². The largest absolute Gasteiger partial charge is 0.385 e. The lowest BCUT2D eigenvalue weighted by Gasteiger charge is -2.15. The molecule has 2 aromatic carbocycles. The number of halogens is 1. The number of nitrogens with one attached hydrogen (secondary N) is 1. The van der Waals surface area contributed by atoms with Gasteiger partial charge in [0.15, 0.2) is 0 Å². The molecule has 8 heteroatoms. The quantitative estimate of drug-likeness (QED) is 0.550. The van der Waals surface area contributed by atoms with Crippen molar-refractivity contribution in [2.75, 3.05) is 19.0 Å². The summed E-state index contributed by atoms with van der Waals surface area (Å²) in [6.45, 7) is 2.35. The lowest BCUT2D eigenvalue weighted by molar-refractivity contribution is -0.116. The number of aromatic nitrogens is 2. The van der Waals surface area contributed by atoms with Gasteiger partial charge in [0.1, 0.15) is 6.54 Å². The average Bonchev–Trinajstić information content (AvgIpc) is 2.70. The molecule has 29 heavy (non-hydrogen) atoms. The third kappa shape index (κ3) is 4.65. The molecule has 0 saturated carbocycles. The highest BCUT2D eigenvalue weighted by Gasteiger charge is 2.15. The molecule has 1 amide bonds. The molecule has 3 rings (SSSR count). The third-order valence-electron chi connectivity index (χ3n) is 4.63. The van der Waals surface area contributed by atoms with Gasteiger partial charge in [-0.3, -0.25) is 18.7 Å². The number of hydrogen-bond donors (Lipinski definition) is 1. The lowest BCUT2D eigenvalue weighted by Crippen LogP contribution is -2.42. The first kappa shape index (κ1) is 21.0. The SMILES string of the molecule is COCCCn1c(=O)c2ccccc2n(CC(=O)Nc2ccc(Br)cc2C)c1=O. The lowest BCUT2D eigenvalue weighted by atomic mass is 10.2. The predicted octanol–water partition coefficient (Wildman–Crippen LogP) is 2.91. The highest BCUT2D eigenvalue weighted by Crippen LogP contribution is 2.20. The van der Waals surface area contributed by atoms with Crippen LogP contribution in [-0.4, -0.2) is 28.8 Å². The number of carbonyl (C=O) groups excluding carboxylic acids is 1. The zero-order valence-corrected chi connectivity index (χ0v) is 17.9. The van der Waals surface area contributed by atoms with Crippen molar-refractivity contribution in [3.63, 3.8) is 0 Å². The van der Waals surface area contributed by atoms with Crippen LogP contribution in [0.5, 0.6) is 0 Å². The fraction of sp³-hybridized carbons (Fsp3) is 0.286. The van der Waals surface area contributed by atoms with Crippen molar-refractivity contribution >= 4 is 38.4 Å². The second kappa shape index (κ2) is 9.19. The molecule has 0 aliphatic rings. The molecule has 7 nitrogen and oxygen atoms in total. The van der Waals surface area contributed by atoms with Crippen LogP contribution in [-0.2, 0) is 22.6 Å². The van der Waals surface area contributed by atoms with Crippen LogP contribution < -0.4 is 16.6 Å². The van der Waals surface area contributed by atoms with Crippen LogP contribution in [0.15, 0.2) is 56.5 Å².